The first-order valence-corrected chi connectivity index (χ1v) is 6.51. The zero-order chi connectivity index (χ0) is 15.0. The first kappa shape index (κ1) is 16.0. The zero-order valence-electron chi connectivity index (χ0n) is 11.5. The van der Waals surface area contributed by atoms with Crippen molar-refractivity contribution in [2.24, 2.45) is 0 Å². The number of hydrogen-bond acceptors (Lipinski definition) is 3. The molecule has 20 heavy (non-hydrogen) atoms. The Morgan fingerprint density at radius 2 is 1.95 bits per heavy atom. The third-order valence-corrected chi connectivity index (χ3v) is 2.92. The van der Waals surface area contributed by atoms with Gasteiger partial charge in [-0.25, -0.2) is 9.59 Å². The predicted molar refractivity (Wildman–Crippen MR) is 74.4 cm³/mol. The molecule has 1 rings (SSSR count). The predicted octanol–water partition coefficient (Wildman–Crippen LogP) is 0.706. The van der Waals surface area contributed by atoms with E-state index in [9.17, 15) is 14.7 Å². The summed E-state index contributed by atoms with van der Waals surface area (Å²) >= 11 is 0. The summed E-state index contributed by atoms with van der Waals surface area (Å²) in [5.41, 5.74) is 0.838. The fraction of sp³-hybridized carbons (Fsp3) is 0.429. The Bertz CT molecular complexity index is 436. The van der Waals surface area contributed by atoms with Crippen molar-refractivity contribution in [1.29, 1.82) is 0 Å². The lowest BCUT2D eigenvalue weighted by atomic mass is 10.1. The number of nitrogens with zero attached hydrogens (tertiary/aromatic N) is 1. The fourth-order valence-electron chi connectivity index (χ4n) is 1.81. The van der Waals surface area contributed by atoms with Crippen LogP contribution in [-0.4, -0.2) is 52.9 Å². The molecule has 0 aliphatic carbocycles. The van der Waals surface area contributed by atoms with Crippen molar-refractivity contribution in [1.82, 2.24) is 10.2 Å². The number of carboxylic acid groups (broad SMARTS) is 1. The summed E-state index contributed by atoms with van der Waals surface area (Å²) in [7, 11) is 0. The van der Waals surface area contributed by atoms with Crippen molar-refractivity contribution >= 4 is 12.0 Å². The van der Waals surface area contributed by atoms with Crippen LogP contribution in [0.25, 0.3) is 0 Å². The molecule has 1 aromatic carbocycles. The molecule has 0 spiro atoms. The normalized spacial score (nSPS) is 11.7. The van der Waals surface area contributed by atoms with Gasteiger partial charge < -0.3 is 20.4 Å². The molecular formula is C14H20N2O4. The Morgan fingerprint density at radius 3 is 2.45 bits per heavy atom. The van der Waals surface area contributed by atoms with Crippen molar-refractivity contribution in [3.63, 3.8) is 0 Å². The topological polar surface area (TPSA) is 89.9 Å². The minimum Gasteiger partial charge on any atom is -0.480 e. The number of aliphatic carboxylic acids is 1. The second-order valence-electron chi connectivity index (χ2n) is 4.33. The number of carbonyl (C=O) groups excluding carboxylic acids is 1. The molecule has 1 atom stereocenters. The third-order valence-electron chi connectivity index (χ3n) is 2.92. The van der Waals surface area contributed by atoms with E-state index < -0.39 is 18.0 Å². The number of likely N-dealkylation sites (N-methyl/N-ethyl adjacent to an activating group) is 1. The summed E-state index contributed by atoms with van der Waals surface area (Å²) in [5, 5.41) is 20.5. The van der Waals surface area contributed by atoms with Gasteiger partial charge in [-0.15, -0.1) is 0 Å². The smallest absolute Gasteiger partial charge is 0.326 e. The summed E-state index contributed by atoms with van der Waals surface area (Å²) in [6.45, 7) is 2.20. The molecule has 0 aromatic heterocycles. The molecular weight excluding hydrogens is 260 g/mol. The van der Waals surface area contributed by atoms with Crippen molar-refractivity contribution in [2.75, 3.05) is 19.7 Å². The van der Waals surface area contributed by atoms with E-state index >= 15 is 0 Å². The van der Waals surface area contributed by atoms with Gasteiger partial charge in [-0.2, -0.15) is 0 Å². The molecule has 0 saturated heterocycles. The monoisotopic (exact) mass is 280 g/mol. The number of hydrogen-bond donors (Lipinski definition) is 3. The van der Waals surface area contributed by atoms with E-state index in [1.807, 2.05) is 30.3 Å². The number of urea groups is 1. The summed E-state index contributed by atoms with van der Waals surface area (Å²) in [6.07, 6.45) is 0.221. The highest BCUT2D eigenvalue weighted by Crippen LogP contribution is 2.04. The number of nitrogens with one attached hydrogen (secondary N) is 1. The van der Waals surface area contributed by atoms with Crippen LogP contribution < -0.4 is 5.32 Å². The third kappa shape index (κ3) is 4.89. The molecule has 6 nitrogen and oxygen atoms in total. The second-order valence-corrected chi connectivity index (χ2v) is 4.33. The van der Waals surface area contributed by atoms with E-state index in [1.54, 1.807) is 6.92 Å². The molecule has 1 aromatic rings. The van der Waals surface area contributed by atoms with Crippen LogP contribution in [0.2, 0.25) is 0 Å². The van der Waals surface area contributed by atoms with Gasteiger partial charge in [0, 0.05) is 19.5 Å². The van der Waals surface area contributed by atoms with E-state index in [0.717, 1.165) is 5.56 Å². The number of carboxylic acids is 1. The van der Waals surface area contributed by atoms with E-state index in [-0.39, 0.29) is 19.6 Å². The summed E-state index contributed by atoms with van der Waals surface area (Å²) in [4.78, 5) is 24.5. The van der Waals surface area contributed by atoms with Crippen molar-refractivity contribution < 1.29 is 19.8 Å². The number of carbonyl (C=O) groups is 2. The van der Waals surface area contributed by atoms with E-state index in [2.05, 4.69) is 5.32 Å². The average molecular weight is 280 g/mol. The standard InChI is InChI=1S/C14H20N2O4/c1-2-16(8-9-17)14(20)15-12(13(18)19)10-11-6-4-3-5-7-11/h3-7,12,17H,2,8-10H2,1H3,(H,15,20)(H,18,19)/t12-/m0/s1. The lowest BCUT2D eigenvalue weighted by Gasteiger charge is -2.23. The van der Waals surface area contributed by atoms with Gasteiger partial charge in [-0.1, -0.05) is 30.3 Å². The SMILES string of the molecule is CCN(CCO)C(=O)N[C@@H](Cc1ccccc1)C(=O)O. The van der Waals surface area contributed by atoms with Gasteiger partial charge in [0.05, 0.1) is 6.61 Å². The Kier molecular flexibility index (Phi) is 6.52. The second kappa shape index (κ2) is 8.16. The molecule has 2 amide bonds. The lowest BCUT2D eigenvalue weighted by Crippen LogP contribution is -2.49. The van der Waals surface area contributed by atoms with Crippen LogP contribution >= 0.6 is 0 Å². The summed E-state index contributed by atoms with van der Waals surface area (Å²) in [6, 6.07) is 7.64. The minimum absolute atomic E-state index is 0.155. The van der Waals surface area contributed by atoms with Gasteiger partial charge in [0.15, 0.2) is 0 Å². The zero-order valence-corrected chi connectivity index (χ0v) is 11.5. The fourth-order valence-corrected chi connectivity index (χ4v) is 1.81. The molecule has 3 N–H and O–H groups in total. The number of aliphatic hydroxyl groups excluding tert-OH is 1. The molecule has 110 valence electrons. The van der Waals surface area contributed by atoms with Crippen LogP contribution in [0.5, 0.6) is 0 Å². The lowest BCUT2D eigenvalue weighted by molar-refractivity contribution is -0.139. The van der Waals surface area contributed by atoms with Gasteiger partial charge in [-0.05, 0) is 12.5 Å². The van der Waals surface area contributed by atoms with E-state index in [0.29, 0.717) is 6.54 Å². The van der Waals surface area contributed by atoms with Crippen LogP contribution in [0, 0.1) is 0 Å². The number of rotatable bonds is 7. The molecule has 0 radical (unpaired) electrons. The van der Waals surface area contributed by atoms with Crippen molar-refractivity contribution in [3.8, 4) is 0 Å². The Morgan fingerprint density at radius 1 is 1.30 bits per heavy atom. The highest BCUT2D eigenvalue weighted by molar-refractivity contribution is 5.82. The molecule has 0 aliphatic heterocycles. The summed E-state index contributed by atoms with van der Waals surface area (Å²) < 4.78 is 0. The van der Waals surface area contributed by atoms with Crippen LogP contribution in [0.15, 0.2) is 30.3 Å². The van der Waals surface area contributed by atoms with Crippen LogP contribution in [0.3, 0.4) is 0 Å². The van der Waals surface area contributed by atoms with Crippen molar-refractivity contribution in [3.05, 3.63) is 35.9 Å². The molecule has 0 fully saturated rings. The molecule has 6 heteroatoms. The van der Waals surface area contributed by atoms with E-state index in [4.69, 9.17) is 5.11 Å². The Balaban J connectivity index is 2.68. The molecule has 0 saturated carbocycles. The van der Waals surface area contributed by atoms with Gasteiger partial charge in [0.25, 0.3) is 0 Å². The largest absolute Gasteiger partial charge is 0.480 e. The Hall–Kier alpha value is -2.08. The quantitative estimate of drug-likeness (QED) is 0.686. The highest BCUT2D eigenvalue weighted by Gasteiger charge is 2.22. The first-order valence-electron chi connectivity index (χ1n) is 6.51. The highest BCUT2D eigenvalue weighted by atomic mass is 16.4. The van der Waals surface area contributed by atoms with Gasteiger partial charge >= 0.3 is 12.0 Å². The van der Waals surface area contributed by atoms with Gasteiger partial charge in [0.1, 0.15) is 6.04 Å². The van der Waals surface area contributed by atoms with Crippen LogP contribution in [0.4, 0.5) is 4.79 Å². The number of aliphatic hydroxyl groups is 1. The van der Waals surface area contributed by atoms with Crippen LogP contribution in [0.1, 0.15) is 12.5 Å². The maximum Gasteiger partial charge on any atom is 0.326 e. The maximum atomic E-state index is 11.9. The number of amides is 2. The summed E-state index contributed by atoms with van der Waals surface area (Å²) in [5.74, 6) is -1.08. The molecule has 0 aliphatic rings. The van der Waals surface area contributed by atoms with Gasteiger partial charge in [0.2, 0.25) is 0 Å². The Labute approximate surface area is 118 Å². The molecule has 0 bridgehead atoms. The maximum absolute atomic E-state index is 11.9. The van der Waals surface area contributed by atoms with Crippen LogP contribution in [-0.2, 0) is 11.2 Å². The van der Waals surface area contributed by atoms with Gasteiger partial charge in [-0.3, -0.25) is 0 Å². The minimum atomic E-state index is -1.08. The first-order chi connectivity index (χ1) is 9.58. The number of benzene rings is 1. The van der Waals surface area contributed by atoms with E-state index in [1.165, 1.54) is 4.90 Å². The molecule has 0 unspecified atom stereocenters. The average Bonchev–Trinajstić information content (AvgIpc) is 2.44. The molecule has 0 heterocycles. The van der Waals surface area contributed by atoms with Crippen molar-refractivity contribution in [2.45, 2.75) is 19.4 Å².